The summed E-state index contributed by atoms with van der Waals surface area (Å²) in [6.45, 7) is 0. The standard InChI is InChI=1S/C14H15BrN2O2.ClH/c1-19-14(18)17-12-4-2-3-9-10-7-8(15)5-6-11(10)16-13(9)12;/h5-7,12,16H,2-4H2,1H3,(H,17,18);1H. The highest BCUT2D eigenvalue weighted by Crippen LogP contribution is 2.35. The van der Waals surface area contributed by atoms with Crippen molar-refractivity contribution in [3.63, 3.8) is 0 Å². The van der Waals surface area contributed by atoms with Gasteiger partial charge in [-0.15, -0.1) is 12.4 Å². The third-order valence-corrected chi connectivity index (χ3v) is 4.14. The second-order valence-corrected chi connectivity index (χ2v) is 5.70. The molecule has 1 aromatic heterocycles. The number of carbonyl (C=O) groups is 1. The Hall–Kier alpha value is -1.20. The molecule has 2 N–H and O–H groups in total. The van der Waals surface area contributed by atoms with E-state index in [1.54, 1.807) is 0 Å². The number of ether oxygens (including phenoxy) is 1. The Labute approximate surface area is 131 Å². The fraction of sp³-hybridized carbons (Fsp3) is 0.357. The molecule has 0 saturated carbocycles. The lowest BCUT2D eigenvalue weighted by Gasteiger charge is -2.23. The first kappa shape index (κ1) is 15.2. The van der Waals surface area contributed by atoms with Gasteiger partial charge in [0.2, 0.25) is 0 Å². The summed E-state index contributed by atoms with van der Waals surface area (Å²) in [7, 11) is 1.39. The Morgan fingerprint density at radius 2 is 2.30 bits per heavy atom. The summed E-state index contributed by atoms with van der Waals surface area (Å²) in [5.74, 6) is 0. The second-order valence-electron chi connectivity index (χ2n) is 4.79. The Kier molecular flexibility index (Phi) is 4.60. The summed E-state index contributed by atoms with van der Waals surface area (Å²) >= 11 is 3.51. The average Bonchev–Trinajstić information content (AvgIpc) is 2.78. The van der Waals surface area contributed by atoms with Crippen molar-refractivity contribution >= 4 is 45.3 Å². The number of alkyl carbamates (subject to hydrolysis) is 1. The lowest BCUT2D eigenvalue weighted by Crippen LogP contribution is -2.30. The number of amides is 1. The Balaban J connectivity index is 0.00000147. The van der Waals surface area contributed by atoms with E-state index in [1.165, 1.54) is 18.1 Å². The van der Waals surface area contributed by atoms with E-state index < -0.39 is 0 Å². The van der Waals surface area contributed by atoms with Gasteiger partial charge in [-0.25, -0.2) is 4.79 Å². The van der Waals surface area contributed by atoms with Crippen LogP contribution in [0.5, 0.6) is 0 Å². The number of H-pyrrole nitrogens is 1. The number of hydrogen-bond acceptors (Lipinski definition) is 2. The van der Waals surface area contributed by atoms with E-state index >= 15 is 0 Å². The minimum absolute atomic E-state index is 0. The van der Waals surface area contributed by atoms with Crippen molar-refractivity contribution in [2.24, 2.45) is 0 Å². The van der Waals surface area contributed by atoms with Gasteiger partial charge in [-0.2, -0.15) is 0 Å². The summed E-state index contributed by atoms with van der Waals surface area (Å²) in [5.41, 5.74) is 3.54. The minimum atomic E-state index is -0.377. The highest BCUT2D eigenvalue weighted by atomic mass is 79.9. The molecule has 1 amide bonds. The quantitative estimate of drug-likeness (QED) is 0.806. The van der Waals surface area contributed by atoms with E-state index in [0.717, 1.165) is 34.9 Å². The lowest BCUT2D eigenvalue weighted by molar-refractivity contribution is 0.165. The largest absolute Gasteiger partial charge is 0.453 e. The molecule has 0 saturated heterocycles. The molecule has 2 aromatic rings. The predicted octanol–water partition coefficient (Wildman–Crippen LogP) is 4.09. The number of methoxy groups -OCH3 is 1. The fourth-order valence-corrected chi connectivity index (χ4v) is 3.14. The maximum atomic E-state index is 11.4. The molecule has 0 spiro atoms. The summed E-state index contributed by atoms with van der Waals surface area (Å²) < 4.78 is 5.76. The summed E-state index contributed by atoms with van der Waals surface area (Å²) in [4.78, 5) is 14.8. The molecule has 1 atom stereocenters. The molecule has 0 aliphatic heterocycles. The molecular formula is C14H16BrClN2O2. The van der Waals surface area contributed by atoms with E-state index in [2.05, 4.69) is 43.1 Å². The van der Waals surface area contributed by atoms with Crippen LogP contribution in [-0.4, -0.2) is 18.2 Å². The topological polar surface area (TPSA) is 54.1 Å². The molecule has 6 heteroatoms. The number of aryl methyl sites for hydroxylation is 1. The van der Waals surface area contributed by atoms with Crippen LogP contribution in [0.3, 0.4) is 0 Å². The van der Waals surface area contributed by atoms with Gasteiger partial charge in [-0.3, -0.25) is 0 Å². The second kappa shape index (κ2) is 6.06. The van der Waals surface area contributed by atoms with Gasteiger partial charge in [-0.1, -0.05) is 15.9 Å². The van der Waals surface area contributed by atoms with Crippen LogP contribution in [0.4, 0.5) is 4.79 Å². The van der Waals surface area contributed by atoms with Crippen LogP contribution in [0, 0.1) is 0 Å². The van der Waals surface area contributed by atoms with Crippen LogP contribution in [0.2, 0.25) is 0 Å². The molecule has 108 valence electrons. The van der Waals surface area contributed by atoms with Crippen LogP contribution in [0.15, 0.2) is 22.7 Å². The van der Waals surface area contributed by atoms with Crippen LogP contribution >= 0.6 is 28.3 Å². The molecule has 20 heavy (non-hydrogen) atoms. The zero-order chi connectivity index (χ0) is 13.4. The van der Waals surface area contributed by atoms with Crippen LogP contribution in [0.25, 0.3) is 10.9 Å². The fourth-order valence-electron chi connectivity index (χ4n) is 2.78. The van der Waals surface area contributed by atoms with E-state index in [9.17, 15) is 4.79 Å². The molecule has 1 aliphatic carbocycles. The SMILES string of the molecule is COC(=O)NC1CCCc2c1[nH]c1ccc(Br)cc21.Cl. The molecular weight excluding hydrogens is 344 g/mol. The Morgan fingerprint density at radius 1 is 1.50 bits per heavy atom. The monoisotopic (exact) mass is 358 g/mol. The summed E-state index contributed by atoms with van der Waals surface area (Å²) in [5, 5.41) is 4.13. The van der Waals surface area contributed by atoms with Gasteiger partial charge in [0.1, 0.15) is 0 Å². The van der Waals surface area contributed by atoms with Crippen molar-refractivity contribution < 1.29 is 9.53 Å². The van der Waals surface area contributed by atoms with Crippen molar-refractivity contribution in [2.75, 3.05) is 7.11 Å². The number of benzene rings is 1. The predicted molar refractivity (Wildman–Crippen MR) is 84.5 cm³/mol. The van der Waals surface area contributed by atoms with Gasteiger partial charge in [0.15, 0.2) is 0 Å². The van der Waals surface area contributed by atoms with Crippen molar-refractivity contribution in [3.8, 4) is 0 Å². The van der Waals surface area contributed by atoms with E-state index in [-0.39, 0.29) is 24.5 Å². The Bertz CT molecular complexity index is 641. The zero-order valence-corrected chi connectivity index (χ0v) is 13.4. The molecule has 3 rings (SSSR count). The molecule has 0 bridgehead atoms. The number of aromatic nitrogens is 1. The van der Waals surface area contributed by atoms with Crippen LogP contribution in [-0.2, 0) is 11.2 Å². The number of halogens is 2. The van der Waals surface area contributed by atoms with Gasteiger partial charge in [0.05, 0.1) is 13.2 Å². The van der Waals surface area contributed by atoms with Crippen LogP contribution in [0.1, 0.15) is 30.1 Å². The molecule has 1 aliphatic rings. The van der Waals surface area contributed by atoms with Crippen molar-refractivity contribution in [1.29, 1.82) is 0 Å². The number of rotatable bonds is 1. The molecule has 1 heterocycles. The van der Waals surface area contributed by atoms with Crippen molar-refractivity contribution in [1.82, 2.24) is 10.3 Å². The third kappa shape index (κ3) is 2.65. The van der Waals surface area contributed by atoms with E-state index in [1.807, 2.05) is 6.07 Å². The molecule has 0 radical (unpaired) electrons. The first-order chi connectivity index (χ1) is 9.19. The molecule has 1 aromatic carbocycles. The smallest absolute Gasteiger partial charge is 0.407 e. The normalized spacial score (nSPS) is 17.2. The van der Waals surface area contributed by atoms with Gasteiger partial charge >= 0.3 is 6.09 Å². The molecule has 1 unspecified atom stereocenters. The minimum Gasteiger partial charge on any atom is -0.453 e. The highest BCUT2D eigenvalue weighted by molar-refractivity contribution is 9.10. The van der Waals surface area contributed by atoms with Gasteiger partial charge in [0.25, 0.3) is 0 Å². The highest BCUT2D eigenvalue weighted by Gasteiger charge is 2.25. The molecule has 0 fully saturated rings. The van der Waals surface area contributed by atoms with Gasteiger partial charge in [0, 0.05) is 21.1 Å². The third-order valence-electron chi connectivity index (χ3n) is 3.65. The number of nitrogens with one attached hydrogen (secondary N) is 2. The number of carbonyl (C=O) groups excluding carboxylic acids is 1. The summed E-state index contributed by atoms with van der Waals surface area (Å²) in [6.07, 6.45) is 2.68. The van der Waals surface area contributed by atoms with Gasteiger partial charge in [-0.05, 0) is 43.0 Å². The first-order valence-electron chi connectivity index (χ1n) is 6.33. The zero-order valence-electron chi connectivity index (χ0n) is 11.0. The summed E-state index contributed by atoms with van der Waals surface area (Å²) in [6, 6.07) is 6.23. The molecule has 4 nitrogen and oxygen atoms in total. The number of fused-ring (bicyclic) bond motifs is 3. The van der Waals surface area contributed by atoms with Crippen LogP contribution < -0.4 is 5.32 Å². The van der Waals surface area contributed by atoms with Crippen molar-refractivity contribution in [2.45, 2.75) is 25.3 Å². The first-order valence-corrected chi connectivity index (χ1v) is 7.13. The van der Waals surface area contributed by atoms with E-state index in [0.29, 0.717) is 0 Å². The number of hydrogen-bond donors (Lipinski definition) is 2. The maximum absolute atomic E-state index is 11.4. The van der Waals surface area contributed by atoms with Crippen molar-refractivity contribution in [3.05, 3.63) is 33.9 Å². The maximum Gasteiger partial charge on any atom is 0.407 e. The average molecular weight is 360 g/mol. The lowest BCUT2D eigenvalue weighted by atomic mass is 9.92. The number of aromatic amines is 1. The Morgan fingerprint density at radius 3 is 3.05 bits per heavy atom. The van der Waals surface area contributed by atoms with Gasteiger partial charge < -0.3 is 15.0 Å². The van der Waals surface area contributed by atoms with E-state index in [4.69, 9.17) is 0 Å².